The second-order valence-corrected chi connectivity index (χ2v) is 6.70. The van der Waals surface area contributed by atoms with Crippen LogP contribution in [-0.2, 0) is 0 Å². The van der Waals surface area contributed by atoms with Gasteiger partial charge >= 0.3 is 0 Å². The minimum absolute atomic E-state index is 0.187. The van der Waals surface area contributed by atoms with E-state index in [1.807, 2.05) is 30.5 Å². The van der Waals surface area contributed by atoms with E-state index >= 15 is 0 Å². The zero-order valence-electron chi connectivity index (χ0n) is 10.0. The van der Waals surface area contributed by atoms with Gasteiger partial charge in [0.2, 0.25) is 0 Å². The number of hydrogen-bond donors (Lipinski definition) is 0. The Bertz CT molecular complexity index is 787. The van der Waals surface area contributed by atoms with Gasteiger partial charge in [-0.15, -0.1) is 34.3 Å². The van der Waals surface area contributed by atoms with Crippen molar-refractivity contribution in [3.63, 3.8) is 0 Å². The van der Waals surface area contributed by atoms with Gasteiger partial charge in [-0.25, -0.2) is 4.98 Å². The number of aromatic nitrogens is 1. The van der Waals surface area contributed by atoms with E-state index in [4.69, 9.17) is 21.6 Å². The molecule has 2 aromatic heterocycles. The topological polar surface area (TPSA) is 45.9 Å². The van der Waals surface area contributed by atoms with Crippen molar-refractivity contribution in [2.24, 2.45) is 0 Å². The number of benzene rings is 1. The summed E-state index contributed by atoms with van der Waals surface area (Å²) in [5, 5.41) is 12.2. The number of thiazole rings is 1. The minimum Gasteiger partial charge on any atom is -0.490 e. The lowest BCUT2D eigenvalue weighted by atomic mass is 10.2. The van der Waals surface area contributed by atoms with Gasteiger partial charge in [0.25, 0.3) is 0 Å². The van der Waals surface area contributed by atoms with E-state index in [1.54, 1.807) is 22.7 Å². The smallest absolute Gasteiger partial charge is 0.154 e. The molecule has 1 aromatic carbocycles. The maximum Gasteiger partial charge on any atom is 0.154 e. The van der Waals surface area contributed by atoms with E-state index in [0.717, 1.165) is 31.1 Å². The van der Waals surface area contributed by atoms with Gasteiger partial charge < -0.3 is 4.74 Å². The van der Waals surface area contributed by atoms with Crippen molar-refractivity contribution < 1.29 is 4.74 Å². The molecule has 1 unspecified atom stereocenters. The molecule has 3 nitrogen and oxygen atoms in total. The number of nitriles is 1. The third-order valence-electron chi connectivity index (χ3n) is 2.69. The molecule has 0 fully saturated rings. The first kappa shape index (κ1) is 12.7. The van der Waals surface area contributed by atoms with Crippen LogP contribution in [-0.4, -0.2) is 17.0 Å². The maximum atomic E-state index is 8.69. The lowest BCUT2D eigenvalue weighted by Crippen LogP contribution is -2.09. The summed E-state index contributed by atoms with van der Waals surface area (Å²) in [6.07, 6.45) is 0. The van der Waals surface area contributed by atoms with Crippen LogP contribution < -0.4 is 4.74 Å². The summed E-state index contributed by atoms with van der Waals surface area (Å²) >= 11 is 9.06. The van der Waals surface area contributed by atoms with Gasteiger partial charge in [-0.05, 0) is 18.4 Å². The highest BCUT2D eigenvalue weighted by Gasteiger charge is 2.13. The standard InChI is InChI=1S/C13H9ClN2OS2/c1-7-16-12-11(19-7)4-10(17-6-8(14)5-15)9-2-3-18-13(9)12/h2-4,8H,6H2,1H3. The third kappa shape index (κ3) is 2.27. The molecule has 0 aliphatic carbocycles. The molecule has 0 aliphatic rings. The summed E-state index contributed by atoms with van der Waals surface area (Å²) < 4.78 is 7.91. The Balaban J connectivity index is 2.11. The lowest BCUT2D eigenvalue weighted by molar-refractivity contribution is 0.333. The molecule has 96 valence electrons. The van der Waals surface area contributed by atoms with E-state index in [0.29, 0.717) is 0 Å². The van der Waals surface area contributed by atoms with Crippen LogP contribution in [0.2, 0.25) is 0 Å². The zero-order valence-corrected chi connectivity index (χ0v) is 12.4. The average Bonchev–Trinajstić information content (AvgIpc) is 3.00. The molecule has 0 N–H and O–H groups in total. The number of rotatable bonds is 3. The Morgan fingerprint density at radius 3 is 3.21 bits per heavy atom. The number of nitrogens with zero attached hydrogens (tertiary/aromatic N) is 2. The molecule has 2 heterocycles. The maximum absolute atomic E-state index is 8.69. The second-order valence-electron chi connectivity index (χ2n) is 4.03. The molecular weight excluding hydrogens is 300 g/mol. The fourth-order valence-corrected chi connectivity index (χ4v) is 3.80. The number of halogens is 1. The van der Waals surface area contributed by atoms with Gasteiger partial charge in [-0.3, -0.25) is 0 Å². The third-order valence-corrected chi connectivity index (χ3v) is 4.76. The second kappa shape index (κ2) is 4.97. The summed E-state index contributed by atoms with van der Waals surface area (Å²) in [6.45, 7) is 2.18. The van der Waals surface area contributed by atoms with E-state index in [2.05, 4.69) is 4.98 Å². The molecule has 1 atom stereocenters. The van der Waals surface area contributed by atoms with Crippen molar-refractivity contribution in [3.05, 3.63) is 22.5 Å². The highest BCUT2D eigenvalue weighted by Crippen LogP contribution is 2.38. The van der Waals surface area contributed by atoms with Crippen molar-refractivity contribution in [1.29, 1.82) is 5.26 Å². The zero-order chi connectivity index (χ0) is 13.4. The van der Waals surface area contributed by atoms with Gasteiger partial charge in [-0.2, -0.15) is 5.26 Å². The van der Waals surface area contributed by atoms with Crippen LogP contribution in [0.1, 0.15) is 5.01 Å². The Hall–Kier alpha value is -1.35. The highest BCUT2D eigenvalue weighted by atomic mass is 35.5. The predicted octanol–water partition coefficient (Wildman–Crippen LogP) is 4.33. The number of thiophene rings is 1. The van der Waals surface area contributed by atoms with Crippen LogP contribution in [0, 0.1) is 18.3 Å². The highest BCUT2D eigenvalue weighted by molar-refractivity contribution is 7.21. The number of ether oxygens (including phenoxy) is 1. The van der Waals surface area contributed by atoms with Crippen LogP contribution in [0.4, 0.5) is 0 Å². The van der Waals surface area contributed by atoms with E-state index in [-0.39, 0.29) is 6.61 Å². The molecule has 0 saturated heterocycles. The SMILES string of the molecule is Cc1nc2c(cc(OCC(Cl)C#N)c3ccsc32)s1. The predicted molar refractivity (Wildman–Crippen MR) is 80.5 cm³/mol. The van der Waals surface area contributed by atoms with Crippen LogP contribution >= 0.6 is 34.3 Å². The van der Waals surface area contributed by atoms with Gasteiger partial charge in [-0.1, -0.05) is 0 Å². The fraction of sp³-hybridized carbons (Fsp3) is 0.231. The van der Waals surface area contributed by atoms with Crippen molar-refractivity contribution >= 4 is 54.6 Å². The first-order chi connectivity index (χ1) is 9.19. The molecule has 0 amide bonds. The molecule has 3 rings (SSSR count). The van der Waals surface area contributed by atoms with Crippen LogP contribution in [0.15, 0.2) is 17.5 Å². The van der Waals surface area contributed by atoms with Gasteiger partial charge in [0.1, 0.15) is 12.4 Å². The van der Waals surface area contributed by atoms with Crippen LogP contribution in [0.25, 0.3) is 20.3 Å². The van der Waals surface area contributed by atoms with Crippen molar-refractivity contribution in [1.82, 2.24) is 4.98 Å². The van der Waals surface area contributed by atoms with Gasteiger partial charge in [0, 0.05) is 11.5 Å². The Labute approximate surface area is 123 Å². The van der Waals surface area contributed by atoms with Crippen LogP contribution in [0.3, 0.4) is 0 Å². The van der Waals surface area contributed by atoms with Gasteiger partial charge in [0.05, 0.1) is 26.0 Å². The molecule has 0 bridgehead atoms. The van der Waals surface area contributed by atoms with E-state index < -0.39 is 5.38 Å². The Morgan fingerprint density at radius 1 is 1.58 bits per heavy atom. The first-order valence-electron chi connectivity index (χ1n) is 5.63. The summed E-state index contributed by atoms with van der Waals surface area (Å²) in [6, 6.07) is 5.95. The fourth-order valence-electron chi connectivity index (χ4n) is 1.91. The summed E-state index contributed by atoms with van der Waals surface area (Å²) in [4.78, 5) is 4.56. The van der Waals surface area contributed by atoms with Gasteiger partial charge in [0.15, 0.2) is 5.38 Å². The molecule has 0 radical (unpaired) electrons. The normalized spacial score (nSPS) is 12.7. The van der Waals surface area contributed by atoms with E-state index in [1.165, 1.54) is 0 Å². The first-order valence-corrected chi connectivity index (χ1v) is 7.76. The Kier molecular flexibility index (Phi) is 3.31. The quantitative estimate of drug-likeness (QED) is 0.677. The molecule has 6 heteroatoms. The monoisotopic (exact) mass is 308 g/mol. The van der Waals surface area contributed by atoms with Crippen LogP contribution in [0.5, 0.6) is 5.75 Å². The summed E-state index contributed by atoms with van der Waals surface area (Å²) in [5.74, 6) is 0.772. The molecule has 0 spiro atoms. The van der Waals surface area contributed by atoms with Crippen molar-refractivity contribution in [3.8, 4) is 11.8 Å². The molecule has 0 aliphatic heterocycles. The number of alkyl halides is 1. The molecule has 0 saturated carbocycles. The number of fused-ring (bicyclic) bond motifs is 3. The lowest BCUT2D eigenvalue weighted by Gasteiger charge is -2.07. The molecule has 19 heavy (non-hydrogen) atoms. The number of aryl methyl sites for hydroxylation is 1. The Morgan fingerprint density at radius 2 is 2.42 bits per heavy atom. The molecule has 3 aromatic rings. The largest absolute Gasteiger partial charge is 0.490 e. The number of hydrogen-bond acceptors (Lipinski definition) is 5. The van der Waals surface area contributed by atoms with Crippen molar-refractivity contribution in [2.75, 3.05) is 6.61 Å². The average molecular weight is 309 g/mol. The summed E-state index contributed by atoms with van der Waals surface area (Å²) in [7, 11) is 0. The molecular formula is C13H9ClN2OS2. The van der Waals surface area contributed by atoms with Crippen molar-refractivity contribution in [2.45, 2.75) is 12.3 Å². The van der Waals surface area contributed by atoms with E-state index in [9.17, 15) is 0 Å². The summed E-state index contributed by atoms with van der Waals surface area (Å²) in [5.41, 5.74) is 1.03. The minimum atomic E-state index is -0.632.